The molecule has 0 aliphatic heterocycles. The summed E-state index contributed by atoms with van der Waals surface area (Å²) in [4.78, 5) is 11.2. The molecule has 0 aliphatic rings. The Bertz CT molecular complexity index is 421. The quantitative estimate of drug-likeness (QED) is 0.626. The molecule has 3 nitrogen and oxygen atoms in total. The Morgan fingerprint density at radius 1 is 1.35 bits per heavy atom. The van der Waals surface area contributed by atoms with Gasteiger partial charge in [0.1, 0.15) is 11.6 Å². The van der Waals surface area contributed by atoms with Crippen LogP contribution in [-0.2, 0) is 9.53 Å². The first kappa shape index (κ1) is 14.1. The molecule has 1 rings (SSSR count). The number of carbonyl (C=O) groups excluding carboxylic acids is 1. The van der Waals surface area contributed by atoms with Crippen molar-refractivity contribution in [2.75, 3.05) is 6.61 Å². The van der Waals surface area contributed by atoms with Crippen molar-refractivity contribution in [1.29, 1.82) is 0 Å². The Morgan fingerprint density at radius 2 is 2.00 bits per heavy atom. The standard InChI is InChI=1S/C11H11Cl2FO3/c1-6(2)17-11(15)5-16-10-4-9(14)7(12)3-8(10)13/h3-4,6H,5H2,1-2H3. The molecule has 0 radical (unpaired) electrons. The lowest BCUT2D eigenvalue weighted by atomic mass is 10.3. The normalized spacial score (nSPS) is 10.5. The molecule has 0 heterocycles. The Hall–Kier alpha value is -1.00. The van der Waals surface area contributed by atoms with Gasteiger partial charge in [-0.25, -0.2) is 9.18 Å². The molecule has 0 saturated carbocycles. The van der Waals surface area contributed by atoms with E-state index >= 15 is 0 Å². The van der Waals surface area contributed by atoms with Crippen molar-refractivity contribution >= 4 is 29.2 Å². The molecular weight excluding hydrogens is 270 g/mol. The molecule has 0 fully saturated rings. The second-order valence-corrected chi connectivity index (χ2v) is 4.34. The molecule has 0 unspecified atom stereocenters. The van der Waals surface area contributed by atoms with Gasteiger partial charge >= 0.3 is 5.97 Å². The summed E-state index contributed by atoms with van der Waals surface area (Å²) in [6, 6.07) is 2.23. The van der Waals surface area contributed by atoms with Crippen molar-refractivity contribution < 1.29 is 18.7 Å². The molecule has 0 bridgehead atoms. The van der Waals surface area contributed by atoms with E-state index in [0.29, 0.717) is 0 Å². The van der Waals surface area contributed by atoms with Crippen LogP contribution in [0.3, 0.4) is 0 Å². The van der Waals surface area contributed by atoms with Gasteiger partial charge in [-0.3, -0.25) is 0 Å². The lowest BCUT2D eigenvalue weighted by Crippen LogP contribution is -2.18. The minimum absolute atomic E-state index is 0.0503. The van der Waals surface area contributed by atoms with Gasteiger partial charge in [-0.05, 0) is 19.9 Å². The Kier molecular flexibility index (Phi) is 5.02. The van der Waals surface area contributed by atoms with Crippen LogP contribution in [0.25, 0.3) is 0 Å². The van der Waals surface area contributed by atoms with E-state index < -0.39 is 11.8 Å². The topological polar surface area (TPSA) is 35.5 Å². The van der Waals surface area contributed by atoms with E-state index in [4.69, 9.17) is 32.7 Å². The number of benzene rings is 1. The lowest BCUT2D eigenvalue weighted by molar-refractivity contribution is -0.149. The summed E-state index contributed by atoms with van der Waals surface area (Å²) >= 11 is 11.3. The summed E-state index contributed by atoms with van der Waals surface area (Å²) in [6.07, 6.45) is -0.233. The first-order valence-electron chi connectivity index (χ1n) is 4.87. The number of rotatable bonds is 4. The van der Waals surface area contributed by atoms with Crippen LogP contribution in [0.1, 0.15) is 13.8 Å². The van der Waals surface area contributed by atoms with Crippen molar-refractivity contribution in [2.45, 2.75) is 20.0 Å². The van der Waals surface area contributed by atoms with Crippen LogP contribution >= 0.6 is 23.2 Å². The molecule has 0 N–H and O–H groups in total. The summed E-state index contributed by atoms with van der Waals surface area (Å²) < 4.78 is 23.0. The lowest BCUT2D eigenvalue weighted by Gasteiger charge is -2.10. The van der Waals surface area contributed by atoms with Crippen LogP contribution in [0.4, 0.5) is 4.39 Å². The van der Waals surface area contributed by atoms with Crippen LogP contribution in [0, 0.1) is 5.82 Å². The van der Waals surface area contributed by atoms with Gasteiger partial charge in [-0.2, -0.15) is 0 Å². The number of ether oxygens (including phenoxy) is 2. The average Bonchev–Trinajstić information content (AvgIpc) is 2.20. The fourth-order valence-electron chi connectivity index (χ4n) is 1.05. The predicted molar refractivity (Wildman–Crippen MR) is 63.1 cm³/mol. The number of halogens is 3. The molecule has 0 saturated heterocycles. The van der Waals surface area contributed by atoms with Crippen molar-refractivity contribution in [3.63, 3.8) is 0 Å². The fraction of sp³-hybridized carbons (Fsp3) is 0.364. The van der Waals surface area contributed by atoms with E-state index in [1.165, 1.54) is 6.07 Å². The van der Waals surface area contributed by atoms with E-state index in [9.17, 15) is 9.18 Å². The van der Waals surface area contributed by atoms with E-state index in [2.05, 4.69) is 0 Å². The number of esters is 1. The average molecular weight is 281 g/mol. The first-order valence-corrected chi connectivity index (χ1v) is 5.62. The SMILES string of the molecule is CC(C)OC(=O)COc1cc(F)c(Cl)cc1Cl. The van der Waals surface area contributed by atoms with E-state index in [1.807, 2.05) is 0 Å². The first-order chi connectivity index (χ1) is 7.90. The summed E-state index contributed by atoms with van der Waals surface area (Å²) in [5.74, 6) is -1.16. The second kappa shape index (κ2) is 6.07. The van der Waals surface area contributed by atoms with Gasteiger partial charge in [0.2, 0.25) is 0 Å². The van der Waals surface area contributed by atoms with Gasteiger partial charge in [0.05, 0.1) is 16.1 Å². The molecule has 1 aromatic carbocycles. The van der Waals surface area contributed by atoms with Crippen LogP contribution in [-0.4, -0.2) is 18.7 Å². The Balaban J connectivity index is 2.63. The zero-order chi connectivity index (χ0) is 13.0. The summed E-state index contributed by atoms with van der Waals surface area (Å²) in [5.41, 5.74) is 0. The molecule has 17 heavy (non-hydrogen) atoms. The highest BCUT2D eigenvalue weighted by Gasteiger charge is 2.11. The van der Waals surface area contributed by atoms with Crippen LogP contribution in [0.15, 0.2) is 12.1 Å². The highest BCUT2D eigenvalue weighted by Crippen LogP contribution is 2.30. The molecule has 0 aromatic heterocycles. The van der Waals surface area contributed by atoms with Crippen molar-refractivity contribution in [3.05, 3.63) is 28.0 Å². The van der Waals surface area contributed by atoms with Crippen molar-refractivity contribution in [1.82, 2.24) is 0 Å². The van der Waals surface area contributed by atoms with Crippen molar-refractivity contribution in [2.24, 2.45) is 0 Å². The van der Waals surface area contributed by atoms with Crippen LogP contribution < -0.4 is 4.74 Å². The number of carbonyl (C=O) groups is 1. The van der Waals surface area contributed by atoms with E-state index in [-0.39, 0.29) is 28.5 Å². The zero-order valence-corrected chi connectivity index (χ0v) is 10.8. The summed E-state index contributed by atoms with van der Waals surface area (Å²) in [5, 5.41) is 0.0286. The molecule has 1 aromatic rings. The third kappa shape index (κ3) is 4.40. The third-order valence-electron chi connectivity index (χ3n) is 1.69. The highest BCUT2D eigenvalue weighted by molar-refractivity contribution is 6.35. The van der Waals surface area contributed by atoms with Crippen LogP contribution in [0.2, 0.25) is 10.0 Å². The molecule has 0 aliphatic carbocycles. The van der Waals surface area contributed by atoms with Gasteiger partial charge in [0, 0.05) is 6.07 Å². The van der Waals surface area contributed by atoms with E-state index in [0.717, 1.165) is 6.07 Å². The molecular formula is C11H11Cl2FO3. The van der Waals surface area contributed by atoms with Gasteiger partial charge in [-0.1, -0.05) is 23.2 Å². The number of hydrogen-bond donors (Lipinski definition) is 0. The maximum absolute atomic E-state index is 13.1. The smallest absolute Gasteiger partial charge is 0.344 e. The number of hydrogen-bond acceptors (Lipinski definition) is 3. The third-order valence-corrected chi connectivity index (χ3v) is 2.27. The monoisotopic (exact) mass is 280 g/mol. The van der Waals surface area contributed by atoms with Gasteiger partial charge < -0.3 is 9.47 Å². The molecule has 6 heteroatoms. The maximum atomic E-state index is 13.1. The fourth-order valence-corrected chi connectivity index (χ4v) is 1.49. The Labute approximate surface area is 108 Å². The molecule has 94 valence electrons. The molecule has 0 amide bonds. The van der Waals surface area contributed by atoms with Gasteiger partial charge in [0.25, 0.3) is 0 Å². The minimum Gasteiger partial charge on any atom is -0.480 e. The maximum Gasteiger partial charge on any atom is 0.344 e. The highest BCUT2D eigenvalue weighted by atomic mass is 35.5. The molecule has 0 spiro atoms. The second-order valence-electron chi connectivity index (χ2n) is 3.52. The predicted octanol–water partition coefficient (Wildman–Crippen LogP) is 3.46. The summed E-state index contributed by atoms with van der Waals surface area (Å²) in [6.45, 7) is 3.10. The minimum atomic E-state index is -0.664. The van der Waals surface area contributed by atoms with E-state index in [1.54, 1.807) is 13.8 Å². The van der Waals surface area contributed by atoms with Gasteiger partial charge in [-0.15, -0.1) is 0 Å². The zero-order valence-electron chi connectivity index (χ0n) is 9.30. The Morgan fingerprint density at radius 3 is 2.59 bits per heavy atom. The summed E-state index contributed by atoms with van der Waals surface area (Å²) in [7, 11) is 0. The van der Waals surface area contributed by atoms with Crippen LogP contribution in [0.5, 0.6) is 5.75 Å². The van der Waals surface area contributed by atoms with Crippen molar-refractivity contribution in [3.8, 4) is 5.75 Å². The molecule has 0 atom stereocenters. The van der Waals surface area contributed by atoms with Gasteiger partial charge in [0.15, 0.2) is 6.61 Å². The largest absolute Gasteiger partial charge is 0.480 e.